The van der Waals surface area contributed by atoms with E-state index >= 15 is 0 Å². The molecule has 200 valence electrons. The molecule has 0 spiro atoms. The first kappa shape index (κ1) is 27.6. The molecule has 1 aliphatic heterocycles. The first-order valence-electron chi connectivity index (χ1n) is 13.2. The van der Waals surface area contributed by atoms with Crippen molar-refractivity contribution in [2.24, 2.45) is 5.92 Å². The number of hydrogen-bond acceptors (Lipinski definition) is 5. The van der Waals surface area contributed by atoms with Crippen molar-refractivity contribution in [2.45, 2.75) is 52.5 Å². The molecule has 8 heteroatoms. The number of aliphatic carboxylic acids is 1. The average molecular weight is 535 g/mol. The van der Waals surface area contributed by atoms with E-state index in [1.807, 2.05) is 50.2 Å². The standard InChI is InChI=1S/C30H35ClN4O3/c1-20(2)18-34(19-28(36)37)29(38)25-17-32-30(33-26(25)15-12-22-8-5-4-7-21(22)3)35-16-6-9-27(35)23-10-13-24(31)14-11-23/h4-5,7-8,10-11,13-14,17,20,27H,6,9,12,15-16,18-19H2,1-3H3,(H,36,37). The van der Waals surface area contributed by atoms with Gasteiger partial charge in [-0.15, -0.1) is 0 Å². The third-order valence-corrected chi connectivity index (χ3v) is 7.19. The van der Waals surface area contributed by atoms with E-state index in [9.17, 15) is 14.7 Å². The molecule has 0 saturated carbocycles. The van der Waals surface area contributed by atoms with Crippen molar-refractivity contribution in [1.82, 2.24) is 14.9 Å². The van der Waals surface area contributed by atoms with Gasteiger partial charge in [0.25, 0.3) is 5.91 Å². The predicted octanol–water partition coefficient (Wildman–Crippen LogP) is 5.75. The molecule has 1 atom stereocenters. The SMILES string of the molecule is Cc1ccccc1CCc1nc(N2CCCC2c2ccc(Cl)cc2)ncc1C(=O)N(CC(=O)O)CC(C)C. The van der Waals surface area contributed by atoms with Crippen LogP contribution in [0.1, 0.15) is 65.5 Å². The van der Waals surface area contributed by atoms with Gasteiger partial charge in [0, 0.05) is 24.3 Å². The van der Waals surface area contributed by atoms with E-state index in [1.54, 1.807) is 6.20 Å². The van der Waals surface area contributed by atoms with Gasteiger partial charge in [0.1, 0.15) is 6.54 Å². The molecule has 38 heavy (non-hydrogen) atoms. The lowest BCUT2D eigenvalue weighted by molar-refractivity contribution is -0.137. The molecule has 2 aromatic carbocycles. The lowest BCUT2D eigenvalue weighted by Crippen LogP contribution is -2.39. The summed E-state index contributed by atoms with van der Waals surface area (Å²) < 4.78 is 0. The minimum absolute atomic E-state index is 0.124. The molecule has 4 rings (SSSR count). The van der Waals surface area contributed by atoms with Crippen LogP contribution in [0.2, 0.25) is 5.02 Å². The molecule has 1 aliphatic rings. The summed E-state index contributed by atoms with van der Waals surface area (Å²) in [6.07, 6.45) is 4.84. The molecule has 1 fully saturated rings. The van der Waals surface area contributed by atoms with Crippen molar-refractivity contribution < 1.29 is 14.7 Å². The van der Waals surface area contributed by atoms with Gasteiger partial charge in [-0.2, -0.15) is 0 Å². The summed E-state index contributed by atoms with van der Waals surface area (Å²) in [5, 5.41) is 10.1. The first-order chi connectivity index (χ1) is 18.2. The van der Waals surface area contributed by atoms with Gasteiger partial charge in [-0.25, -0.2) is 9.97 Å². The Morgan fingerprint density at radius 1 is 1.13 bits per heavy atom. The third kappa shape index (κ3) is 6.70. The maximum Gasteiger partial charge on any atom is 0.323 e. The Morgan fingerprint density at radius 2 is 1.87 bits per heavy atom. The van der Waals surface area contributed by atoms with Gasteiger partial charge in [-0.1, -0.05) is 61.8 Å². The second-order valence-corrected chi connectivity index (χ2v) is 10.8. The highest BCUT2D eigenvalue weighted by atomic mass is 35.5. The van der Waals surface area contributed by atoms with Crippen molar-refractivity contribution in [3.05, 3.63) is 87.7 Å². The normalized spacial score (nSPS) is 15.2. The zero-order valence-electron chi connectivity index (χ0n) is 22.2. The third-order valence-electron chi connectivity index (χ3n) is 6.94. The molecule has 1 saturated heterocycles. The van der Waals surface area contributed by atoms with Gasteiger partial charge in [0.2, 0.25) is 5.95 Å². The quantitative estimate of drug-likeness (QED) is 0.356. The fourth-order valence-electron chi connectivity index (χ4n) is 5.09. The van der Waals surface area contributed by atoms with Crippen molar-refractivity contribution >= 4 is 29.4 Å². The van der Waals surface area contributed by atoms with Gasteiger partial charge in [-0.05, 0) is 67.3 Å². The number of hydrogen-bond donors (Lipinski definition) is 1. The number of carbonyl (C=O) groups is 2. The number of rotatable bonds is 10. The number of anilines is 1. The van der Waals surface area contributed by atoms with E-state index in [-0.39, 0.29) is 24.4 Å². The summed E-state index contributed by atoms with van der Waals surface area (Å²) in [7, 11) is 0. The van der Waals surface area contributed by atoms with E-state index in [0.29, 0.717) is 41.6 Å². The molecule has 0 bridgehead atoms. The topological polar surface area (TPSA) is 86.6 Å². The number of halogens is 1. The Kier molecular flexibility index (Phi) is 9.00. The van der Waals surface area contributed by atoms with E-state index in [0.717, 1.165) is 24.9 Å². The molecule has 7 nitrogen and oxygen atoms in total. The van der Waals surface area contributed by atoms with Crippen molar-refractivity contribution in [2.75, 3.05) is 24.5 Å². The van der Waals surface area contributed by atoms with Crippen molar-refractivity contribution in [3.8, 4) is 0 Å². The van der Waals surface area contributed by atoms with Crippen LogP contribution in [0.15, 0.2) is 54.7 Å². The van der Waals surface area contributed by atoms with Crippen LogP contribution in [0.25, 0.3) is 0 Å². The fraction of sp³-hybridized carbons (Fsp3) is 0.400. The number of carbonyl (C=O) groups excluding carboxylic acids is 1. The molecule has 1 aromatic heterocycles. The number of nitrogens with zero attached hydrogens (tertiary/aromatic N) is 4. The summed E-state index contributed by atoms with van der Waals surface area (Å²) in [4.78, 5) is 38.3. The van der Waals surface area contributed by atoms with Crippen molar-refractivity contribution in [3.63, 3.8) is 0 Å². The largest absolute Gasteiger partial charge is 0.480 e. The van der Waals surface area contributed by atoms with Crippen LogP contribution in [-0.2, 0) is 17.6 Å². The van der Waals surface area contributed by atoms with Gasteiger partial charge >= 0.3 is 5.97 Å². The average Bonchev–Trinajstić information content (AvgIpc) is 3.37. The zero-order valence-corrected chi connectivity index (χ0v) is 23.0. The second-order valence-electron chi connectivity index (χ2n) is 10.3. The summed E-state index contributed by atoms with van der Waals surface area (Å²) in [6, 6.07) is 16.2. The number of carboxylic acids is 1. The Labute approximate surface area is 229 Å². The summed E-state index contributed by atoms with van der Waals surface area (Å²) in [6.45, 7) is 6.80. The summed E-state index contributed by atoms with van der Waals surface area (Å²) in [5.74, 6) is -0.671. The monoisotopic (exact) mass is 534 g/mol. The van der Waals surface area contributed by atoms with Gasteiger partial charge in [-0.3, -0.25) is 9.59 Å². The number of aryl methyl sites for hydroxylation is 3. The summed E-state index contributed by atoms with van der Waals surface area (Å²) in [5.41, 5.74) is 4.54. The van der Waals surface area contributed by atoms with Crippen molar-refractivity contribution in [1.29, 1.82) is 0 Å². The van der Waals surface area contributed by atoms with Gasteiger partial charge in [0.05, 0.1) is 17.3 Å². The van der Waals surface area contributed by atoms with Crippen LogP contribution in [0.5, 0.6) is 0 Å². The molecular formula is C30H35ClN4O3. The lowest BCUT2D eigenvalue weighted by atomic mass is 10.0. The molecule has 1 amide bonds. The number of aromatic nitrogens is 2. The van der Waals surface area contributed by atoms with Crippen LogP contribution in [0, 0.1) is 12.8 Å². The van der Waals surface area contributed by atoms with Crippen LogP contribution in [0.3, 0.4) is 0 Å². The highest BCUT2D eigenvalue weighted by Gasteiger charge is 2.30. The first-order valence-corrected chi connectivity index (χ1v) is 13.5. The van der Waals surface area contributed by atoms with E-state index in [2.05, 4.69) is 28.9 Å². The van der Waals surface area contributed by atoms with Crippen LogP contribution < -0.4 is 4.90 Å². The highest BCUT2D eigenvalue weighted by molar-refractivity contribution is 6.30. The Balaban J connectivity index is 1.69. The highest BCUT2D eigenvalue weighted by Crippen LogP contribution is 2.35. The lowest BCUT2D eigenvalue weighted by Gasteiger charge is -2.27. The number of amides is 1. The Hall–Kier alpha value is -3.45. The smallest absolute Gasteiger partial charge is 0.323 e. The Morgan fingerprint density at radius 3 is 2.55 bits per heavy atom. The molecule has 2 heterocycles. The molecular weight excluding hydrogens is 500 g/mol. The molecule has 3 aromatic rings. The van der Waals surface area contributed by atoms with Gasteiger partial charge < -0.3 is 14.9 Å². The zero-order chi connectivity index (χ0) is 27.2. The molecule has 1 unspecified atom stereocenters. The molecule has 1 N–H and O–H groups in total. The minimum atomic E-state index is -1.04. The van der Waals surface area contributed by atoms with E-state index < -0.39 is 5.97 Å². The predicted molar refractivity (Wildman–Crippen MR) is 150 cm³/mol. The van der Waals surface area contributed by atoms with Crippen LogP contribution >= 0.6 is 11.6 Å². The fourth-order valence-corrected chi connectivity index (χ4v) is 5.22. The van der Waals surface area contributed by atoms with Gasteiger partial charge in [0.15, 0.2) is 0 Å². The molecule has 0 radical (unpaired) electrons. The van der Waals surface area contributed by atoms with E-state index in [1.165, 1.54) is 16.0 Å². The summed E-state index contributed by atoms with van der Waals surface area (Å²) >= 11 is 6.11. The van der Waals surface area contributed by atoms with Crippen LogP contribution in [-0.4, -0.2) is 51.5 Å². The Bertz CT molecular complexity index is 1280. The second kappa shape index (κ2) is 12.4. The molecule has 0 aliphatic carbocycles. The maximum atomic E-state index is 13.6. The number of benzene rings is 2. The minimum Gasteiger partial charge on any atom is -0.480 e. The van der Waals surface area contributed by atoms with Crippen LogP contribution in [0.4, 0.5) is 5.95 Å². The van der Waals surface area contributed by atoms with E-state index in [4.69, 9.17) is 16.6 Å². The number of carboxylic acid groups (broad SMARTS) is 1. The maximum absolute atomic E-state index is 13.6.